The molecule has 0 radical (unpaired) electrons. The maximum atomic E-state index is 13.1. The second-order valence-electron chi connectivity index (χ2n) is 6.06. The van der Waals surface area contributed by atoms with Gasteiger partial charge < -0.3 is 9.32 Å². The van der Waals surface area contributed by atoms with Gasteiger partial charge in [-0.1, -0.05) is 18.2 Å². The van der Waals surface area contributed by atoms with E-state index in [2.05, 4.69) is 0 Å². The van der Waals surface area contributed by atoms with Crippen molar-refractivity contribution in [3.63, 3.8) is 0 Å². The van der Waals surface area contributed by atoms with Crippen LogP contribution in [0.2, 0.25) is 0 Å². The second kappa shape index (κ2) is 7.35. The largest absolute Gasteiger partial charge is 0.464 e. The second-order valence-corrected chi connectivity index (χ2v) is 6.06. The first-order valence-electron chi connectivity index (χ1n) is 8.16. The third-order valence-corrected chi connectivity index (χ3v) is 4.04. The molecular weight excluding hydrogens is 333 g/mol. The number of amides is 1. The third kappa shape index (κ3) is 3.72. The number of halogens is 1. The quantitative estimate of drug-likeness (QED) is 0.646. The molecule has 0 spiro atoms. The van der Waals surface area contributed by atoms with Gasteiger partial charge >= 0.3 is 0 Å². The summed E-state index contributed by atoms with van der Waals surface area (Å²) in [7, 11) is 1.65. The standard InChI is InChI=1S/C21H18FNO3/c1-14-7-12-17(26-14)13-23(2)21(25)19-6-4-3-5-18(19)20(24)15-8-10-16(22)11-9-15/h3-12H,13H2,1-2H3. The summed E-state index contributed by atoms with van der Waals surface area (Å²) in [6.45, 7) is 2.13. The van der Waals surface area contributed by atoms with Crippen molar-refractivity contribution in [2.75, 3.05) is 7.05 Å². The van der Waals surface area contributed by atoms with E-state index in [1.165, 1.54) is 29.2 Å². The van der Waals surface area contributed by atoms with E-state index < -0.39 is 5.82 Å². The molecule has 0 N–H and O–H groups in total. The van der Waals surface area contributed by atoms with E-state index in [4.69, 9.17) is 4.42 Å². The molecule has 132 valence electrons. The van der Waals surface area contributed by atoms with Gasteiger partial charge in [-0.25, -0.2) is 4.39 Å². The number of carbonyl (C=O) groups is 2. The van der Waals surface area contributed by atoms with Crippen LogP contribution in [0.5, 0.6) is 0 Å². The molecular formula is C21H18FNO3. The Morgan fingerprint density at radius 1 is 0.962 bits per heavy atom. The molecule has 1 aromatic heterocycles. The maximum Gasteiger partial charge on any atom is 0.254 e. The van der Waals surface area contributed by atoms with Crippen LogP contribution in [0.3, 0.4) is 0 Å². The highest BCUT2D eigenvalue weighted by molar-refractivity contribution is 6.15. The zero-order valence-electron chi connectivity index (χ0n) is 14.5. The van der Waals surface area contributed by atoms with Crippen LogP contribution in [0.4, 0.5) is 4.39 Å². The van der Waals surface area contributed by atoms with Gasteiger partial charge in [0.15, 0.2) is 5.78 Å². The van der Waals surface area contributed by atoms with Gasteiger partial charge in [0.1, 0.15) is 17.3 Å². The zero-order chi connectivity index (χ0) is 18.7. The number of aryl methyl sites for hydroxylation is 1. The first kappa shape index (κ1) is 17.6. The highest BCUT2D eigenvalue weighted by Gasteiger charge is 2.21. The molecule has 0 atom stereocenters. The van der Waals surface area contributed by atoms with Crippen LogP contribution >= 0.6 is 0 Å². The highest BCUT2D eigenvalue weighted by atomic mass is 19.1. The number of nitrogens with zero attached hydrogens (tertiary/aromatic N) is 1. The van der Waals surface area contributed by atoms with Crippen molar-refractivity contribution in [1.82, 2.24) is 4.90 Å². The molecule has 0 aliphatic carbocycles. The Morgan fingerprint density at radius 2 is 1.62 bits per heavy atom. The van der Waals surface area contributed by atoms with E-state index in [0.29, 0.717) is 23.4 Å². The van der Waals surface area contributed by atoms with Crippen LogP contribution in [0, 0.1) is 12.7 Å². The number of hydrogen-bond acceptors (Lipinski definition) is 3. The molecule has 0 saturated carbocycles. The first-order chi connectivity index (χ1) is 12.5. The van der Waals surface area contributed by atoms with E-state index in [1.807, 2.05) is 19.1 Å². The van der Waals surface area contributed by atoms with Gasteiger partial charge in [-0.15, -0.1) is 0 Å². The molecule has 26 heavy (non-hydrogen) atoms. The molecule has 0 bridgehead atoms. The van der Waals surface area contributed by atoms with Gasteiger partial charge in [0.25, 0.3) is 5.91 Å². The van der Waals surface area contributed by atoms with Crippen LogP contribution in [-0.4, -0.2) is 23.6 Å². The zero-order valence-corrected chi connectivity index (χ0v) is 14.5. The number of carbonyl (C=O) groups excluding carboxylic acids is 2. The van der Waals surface area contributed by atoms with E-state index >= 15 is 0 Å². The molecule has 5 heteroatoms. The lowest BCUT2D eigenvalue weighted by Gasteiger charge is -2.17. The van der Waals surface area contributed by atoms with Crippen molar-refractivity contribution >= 4 is 11.7 Å². The molecule has 0 aliphatic rings. The Hall–Kier alpha value is -3.21. The predicted octanol–water partition coefficient (Wildman–Crippen LogP) is 4.23. The van der Waals surface area contributed by atoms with E-state index in [0.717, 1.165) is 5.76 Å². The van der Waals surface area contributed by atoms with Gasteiger partial charge in [0.2, 0.25) is 0 Å². The van der Waals surface area contributed by atoms with Crippen molar-refractivity contribution < 1.29 is 18.4 Å². The molecule has 3 rings (SSSR count). The normalized spacial score (nSPS) is 10.6. The molecule has 4 nitrogen and oxygen atoms in total. The molecule has 0 fully saturated rings. The average Bonchev–Trinajstić information content (AvgIpc) is 3.06. The molecule has 3 aromatic rings. The molecule has 1 heterocycles. The average molecular weight is 351 g/mol. The monoisotopic (exact) mass is 351 g/mol. The van der Waals surface area contributed by atoms with E-state index in [-0.39, 0.29) is 17.3 Å². The van der Waals surface area contributed by atoms with Crippen molar-refractivity contribution in [2.45, 2.75) is 13.5 Å². The maximum absolute atomic E-state index is 13.1. The fourth-order valence-electron chi connectivity index (χ4n) is 2.71. The Labute approximate surface area is 150 Å². The minimum atomic E-state index is -0.417. The van der Waals surface area contributed by atoms with Crippen LogP contribution < -0.4 is 0 Å². The van der Waals surface area contributed by atoms with E-state index in [1.54, 1.807) is 31.3 Å². The van der Waals surface area contributed by atoms with Crippen molar-refractivity contribution in [2.24, 2.45) is 0 Å². The number of benzene rings is 2. The summed E-state index contributed by atoms with van der Waals surface area (Å²) >= 11 is 0. The Balaban J connectivity index is 1.87. The summed E-state index contributed by atoms with van der Waals surface area (Å²) in [5.74, 6) is 0.411. The summed E-state index contributed by atoms with van der Waals surface area (Å²) in [4.78, 5) is 27.1. The molecule has 1 amide bonds. The van der Waals surface area contributed by atoms with Gasteiger partial charge in [-0.2, -0.15) is 0 Å². The van der Waals surface area contributed by atoms with Crippen molar-refractivity contribution in [3.05, 3.63) is 94.7 Å². The number of rotatable bonds is 5. The summed E-state index contributed by atoms with van der Waals surface area (Å²) in [5.41, 5.74) is 0.912. The van der Waals surface area contributed by atoms with Gasteiger partial charge in [0.05, 0.1) is 12.1 Å². The Bertz CT molecular complexity index is 944. The van der Waals surface area contributed by atoms with Crippen LogP contribution in [-0.2, 0) is 6.54 Å². The van der Waals surface area contributed by atoms with Gasteiger partial charge in [-0.3, -0.25) is 9.59 Å². The SMILES string of the molecule is Cc1ccc(CN(C)C(=O)c2ccccc2C(=O)c2ccc(F)cc2)o1. The lowest BCUT2D eigenvalue weighted by Crippen LogP contribution is -2.27. The van der Waals surface area contributed by atoms with Crippen LogP contribution in [0.25, 0.3) is 0 Å². The minimum Gasteiger partial charge on any atom is -0.464 e. The van der Waals surface area contributed by atoms with Gasteiger partial charge in [0, 0.05) is 18.2 Å². The van der Waals surface area contributed by atoms with Gasteiger partial charge in [-0.05, 0) is 49.4 Å². The lowest BCUT2D eigenvalue weighted by molar-refractivity contribution is 0.0770. The molecule has 2 aromatic carbocycles. The number of ketones is 1. The van der Waals surface area contributed by atoms with Crippen LogP contribution in [0.1, 0.15) is 37.8 Å². The third-order valence-electron chi connectivity index (χ3n) is 4.04. The molecule has 0 aliphatic heterocycles. The molecule has 0 saturated heterocycles. The summed E-state index contributed by atoms with van der Waals surface area (Å²) in [6, 6.07) is 15.5. The van der Waals surface area contributed by atoms with Crippen molar-refractivity contribution in [3.8, 4) is 0 Å². The predicted molar refractivity (Wildman–Crippen MR) is 95.5 cm³/mol. The fraction of sp³-hybridized carbons (Fsp3) is 0.143. The summed E-state index contributed by atoms with van der Waals surface area (Å²) < 4.78 is 18.6. The topological polar surface area (TPSA) is 50.5 Å². The highest BCUT2D eigenvalue weighted by Crippen LogP contribution is 2.18. The summed E-state index contributed by atoms with van der Waals surface area (Å²) in [6.07, 6.45) is 0. The molecule has 0 unspecified atom stereocenters. The van der Waals surface area contributed by atoms with Crippen LogP contribution in [0.15, 0.2) is 65.1 Å². The Morgan fingerprint density at radius 3 is 2.23 bits per heavy atom. The smallest absolute Gasteiger partial charge is 0.254 e. The van der Waals surface area contributed by atoms with E-state index in [9.17, 15) is 14.0 Å². The first-order valence-corrected chi connectivity index (χ1v) is 8.16. The lowest BCUT2D eigenvalue weighted by atomic mass is 9.97. The Kier molecular flexibility index (Phi) is 4.98. The summed E-state index contributed by atoms with van der Waals surface area (Å²) in [5, 5.41) is 0. The number of hydrogen-bond donors (Lipinski definition) is 0. The fourth-order valence-corrected chi connectivity index (χ4v) is 2.71. The van der Waals surface area contributed by atoms with Crippen molar-refractivity contribution in [1.29, 1.82) is 0 Å². The number of furan rings is 1. The minimum absolute atomic E-state index is 0.284.